The molecule has 0 unspecified atom stereocenters. The highest BCUT2D eigenvalue weighted by Gasteiger charge is 2.33. The predicted molar refractivity (Wildman–Crippen MR) is 115 cm³/mol. The van der Waals surface area contributed by atoms with E-state index in [2.05, 4.69) is 45.0 Å². The van der Waals surface area contributed by atoms with E-state index in [4.69, 9.17) is 4.74 Å². The van der Waals surface area contributed by atoms with Crippen molar-refractivity contribution in [3.8, 4) is 0 Å². The number of carbonyl (C=O) groups excluding carboxylic acids is 2. The number of likely N-dealkylation sites (tertiary alicyclic amines) is 1. The van der Waals surface area contributed by atoms with Crippen LogP contribution in [0.25, 0.3) is 0 Å². The Kier molecular flexibility index (Phi) is 7.37. The van der Waals surface area contributed by atoms with E-state index >= 15 is 0 Å². The molecule has 0 aromatic heterocycles. The van der Waals surface area contributed by atoms with Crippen LogP contribution in [-0.2, 0) is 20.7 Å². The average molecular weight is 400 g/mol. The van der Waals surface area contributed by atoms with Crippen LogP contribution >= 0.6 is 0 Å². The minimum absolute atomic E-state index is 0.0296. The lowest BCUT2D eigenvalue weighted by Crippen LogP contribution is -2.41. The Hall–Kier alpha value is -1.84. The third-order valence-corrected chi connectivity index (χ3v) is 6.96. The van der Waals surface area contributed by atoms with Crippen molar-refractivity contribution in [1.82, 2.24) is 4.90 Å². The number of rotatable bonds is 5. The van der Waals surface area contributed by atoms with Crippen LogP contribution in [0.5, 0.6) is 0 Å². The third kappa shape index (κ3) is 6.32. The van der Waals surface area contributed by atoms with Gasteiger partial charge in [0, 0.05) is 13.1 Å². The van der Waals surface area contributed by atoms with Crippen molar-refractivity contribution in [1.29, 1.82) is 0 Å². The number of esters is 1. The van der Waals surface area contributed by atoms with Crippen molar-refractivity contribution in [3.05, 3.63) is 35.9 Å². The van der Waals surface area contributed by atoms with Crippen LogP contribution in [-0.4, -0.2) is 36.5 Å². The number of carbonyl (C=O) groups is 2. The van der Waals surface area contributed by atoms with Crippen LogP contribution in [0.3, 0.4) is 0 Å². The minimum Gasteiger partial charge on any atom is -0.455 e. The lowest BCUT2D eigenvalue weighted by molar-refractivity contribution is -0.157. The second-order valence-corrected chi connectivity index (χ2v) is 10.0. The number of ether oxygens (including phenoxy) is 1. The Morgan fingerprint density at radius 3 is 2.17 bits per heavy atom. The quantitative estimate of drug-likeness (QED) is 0.664. The van der Waals surface area contributed by atoms with Gasteiger partial charge in [-0.1, -0.05) is 51.1 Å². The minimum atomic E-state index is -0.176. The molecule has 2 fully saturated rings. The maximum atomic E-state index is 12.5. The summed E-state index contributed by atoms with van der Waals surface area (Å²) in [6.45, 7) is 8.27. The molecule has 0 N–H and O–H groups in total. The summed E-state index contributed by atoms with van der Waals surface area (Å²) in [4.78, 5) is 26.8. The molecule has 29 heavy (non-hydrogen) atoms. The fourth-order valence-electron chi connectivity index (χ4n) is 4.87. The summed E-state index contributed by atoms with van der Waals surface area (Å²) in [5.41, 5.74) is 1.67. The smallest absolute Gasteiger partial charge is 0.309 e. The fourth-order valence-corrected chi connectivity index (χ4v) is 4.87. The average Bonchev–Trinajstić information content (AvgIpc) is 2.72. The molecule has 1 aromatic rings. The topological polar surface area (TPSA) is 46.6 Å². The van der Waals surface area contributed by atoms with Gasteiger partial charge in [-0.05, 0) is 67.8 Å². The van der Waals surface area contributed by atoms with Crippen LogP contribution in [0.2, 0.25) is 0 Å². The van der Waals surface area contributed by atoms with E-state index in [-0.39, 0.29) is 24.4 Å². The molecule has 0 spiro atoms. The van der Waals surface area contributed by atoms with E-state index in [1.165, 1.54) is 5.56 Å². The lowest BCUT2D eigenvalue weighted by atomic mass is 9.70. The van der Waals surface area contributed by atoms with Gasteiger partial charge in [0.15, 0.2) is 6.61 Å². The van der Waals surface area contributed by atoms with Gasteiger partial charge in [0.25, 0.3) is 5.91 Å². The van der Waals surface area contributed by atoms with Gasteiger partial charge in [0.2, 0.25) is 0 Å². The number of nitrogens with zero attached hydrogens (tertiary/aromatic N) is 1. The first kappa shape index (κ1) is 21.9. The highest BCUT2D eigenvalue weighted by molar-refractivity contribution is 5.81. The second-order valence-electron chi connectivity index (χ2n) is 10.0. The van der Waals surface area contributed by atoms with Gasteiger partial charge < -0.3 is 9.64 Å². The fraction of sp³-hybridized carbons (Fsp3) is 0.680. The maximum absolute atomic E-state index is 12.5. The van der Waals surface area contributed by atoms with Crippen LogP contribution in [0.1, 0.15) is 64.9 Å². The predicted octanol–water partition coefficient (Wildman–Crippen LogP) is 4.86. The summed E-state index contributed by atoms with van der Waals surface area (Å²) < 4.78 is 5.41. The first-order valence-electron chi connectivity index (χ1n) is 11.3. The zero-order valence-corrected chi connectivity index (χ0v) is 18.4. The van der Waals surface area contributed by atoms with Crippen molar-refractivity contribution in [2.75, 3.05) is 19.7 Å². The molecular weight excluding hydrogens is 362 g/mol. The molecular formula is C25H37NO3. The molecule has 4 heteroatoms. The lowest BCUT2D eigenvalue weighted by Gasteiger charge is -2.36. The molecule has 1 aromatic carbocycles. The third-order valence-electron chi connectivity index (χ3n) is 6.96. The highest BCUT2D eigenvalue weighted by atomic mass is 16.5. The van der Waals surface area contributed by atoms with Gasteiger partial charge in [0.05, 0.1) is 5.92 Å². The standard InChI is InChI=1S/C25H37NO3/c1-25(2,3)22-11-9-21(10-12-22)24(28)29-18-23(27)26-15-13-20(14-16-26)17-19-7-5-4-6-8-19/h4-8,20-22H,9-18H2,1-3H3. The van der Waals surface area contributed by atoms with Crippen molar-refractivity contribution in [2.24, 2.45) is 23.2 Å². The normalized spacial score (nSPS) is 23.6. The monoisotopic (exact) mass is 399 g/mol. The zero-order chi connectivity index (χ0) is 20.9. The number of amides is 1. The largest absolute Gasteiger partial charge is 0.455 e. The summed E-state index contributed by atoms with van der Waals surface area (Å²) in [6.07, 6.45) is 7.05. The Morgan fingerprint density at radius 1 is 0.966 bits per heavy atom. The van der Waals surface area contributed by atoms with Crippen LogP contribution < -0.4 is 0 Å². The highest BCUT2D eigenvalue weighted by Crippen LogP contribution is 2.40. The van der Waals surface area contributed by atoms with Gasteiger partial charge in [-0.25, -0.2) is 0 Å². The number of hydrogen-bond donors (Lipinski definition) is 0. The van der Waals surface area contributed by atoms with Crippen LogP contribution in [0.15, 0.2) is 30.3 Å². The number of hydrogen-bond acceptors (Lipinski definition) is 3. The van der Waals surface area contributed by atoms with Gasteiger partial charge in [-0.15, -0.1) is 0 Å². The molecule has 0 atom stereocenters. The Morgan fingerprint density at radius 2 is 1.59 bits per heavy atom. The summed E-state index contributed by atoms with van der Waals surface area (Å²) in [6, 6.07) is 10.6. The van der Waals surface area contributed by atoms with Crippen molar-refractivity contribution in [3.63, 3.8) is 0 Å². The van der Waals surface area contributed by atoms with E-state index < -0.39 is 0 Å². The molecule has 2 aliphatic rings. The van der Waals surface area contributed by atoms with Gasteiger partial charge in [-0.3, -0.25) is 9.59 Å². The summed E-state index contributed by atoms with van der Waals surface area (Å²) in [7, 11) is 0. The van der Waals surface area contributed by atoms with E-state index in [1.54, 1.807) is 0 Å². The van der Waals surface area contributed by atoms with Crippen LogP contribution in [0.4, 0.5) is 0 Å². The molecule has 4 nitrogen and oxygen atoms in total. The molecule has 0 radical (unpaired) electrons. The summed E-state index contributed by atoms with van der Waals surface area (Å²) in [5.74, 6) is 1.05. The van der Waals surface area contributed by atoms with E-state index in [1.807, 2.05) is 11.0 Å². The second kappa shape index (κ2) is 9.77. The molecule has 1 heterocycles. The Balaban J connectivity index is 1.35. The van der Waals surface area contributed by atoms with E-state index in [0.29, 0.717) is 17.3 Å². The summed E-state index contributed by atoms with van der Waals surface area (Å²) in [5, 5.41) is 0. The molecule has 0 bridgehead atoms. The maximum Gasteiger partial charge on any atom is 0.309 e. The van der Waals surface area contributed by atoms with Crippen molar-refractivity contribution >= 4 is 11.9 Å². The van der Waals surface area contributed by atoms with E-state index in [0.717, 1.165) is 58.0 Å². The molecule has 1 amide bonds. The number of piperidine rings is 1. The molecule has 160 valence electrons. The van der Waals surface area contributed by atoms with Gasteiger partial charge >= 0.3 is 5.97 Å². The van der Waals surface area contributed by atoms with Crippen molar-refractivity contribution in [2.45, 2.75) is 65.7 Å². The molecule has 3 rings (SSSR count). The van der Waals surface area contributed by atoms with Crippen molar-refractivity contribution < 1.29 is 14.3 Å². The molecule has 1 aliphatic carbocycles. The number of benzene rings is 1. The first-order chi connectivity index (χ1) is 13.8. The first-order valence-corrected chi connectivity index (χ1v) is 11.3. The Labute approximate surface area is 176 Å². The van der Waals surface area contributed by atoms with Gasteiger partial charge in [-0.2, -0.15) is 0 Å². The van der Waals surface area contributed by atoms with E-state index in [9.17, 15) is 9.59 Å². The molecule has 1 saturated heterocycles. The van der Waals surface area contributed by atoms with Crippen LogP contribution in [0, 0.1) is 23.2 Å². The summed E-state index contributed by atoms with van der Waals surface area (Å²) >= 11 is 0. The molecule has 1 saturated carbocycles. The SMILES string of the molecule is CC(C)(C)C1CCC(C(=O)OCC(=O)N2CCC(Cc3ccccc3)CC2)CC1. The van der Waals surface area contributed by atoms with Gasteiger partial charge in [0.1, 0.15) is 0 Å². The zero-order valence-electron chi connectivity index (χ0n) is 18.4. The molecule has 1 aliphatic heterocycles. The Bertz CT molecular complexity index is 663.